The van der Waals surface area contributed by atoms with Crippen LogP contribution in [0.5, 0.6) is 0 Å². The van der Waals surface area contributed by atoms with Gasteiger partial charge in [-0.15, -0.1) is 0 Å². The number of fused-ring (bicyclic) bond motifs is 1. The summed E-state index contributed by atoms with van der Waals surface area (Å²) in [5.74, 6) is -0.543. The molecular formula is C24H23FN4O2S. The largest absolute Gasteiger partial charge is 0.382 e. The number of benzene rings is 2. The van der Waals surface area contributed by atoms with Crippen LogP contribution in [-0.2, 0) is 10.0 Å². The highest BCUT2D eigenvalue weighted by molar-refractivity contribution is 7.90. The van der Waals surface area contributed by atoms with Gasteiger partial charge in [-0.2, -0.15) is 5.26 Å². The molecule has 1 aliphatic carbocycles. The van der Waals surface area contributed by atoms with Crippen molar-refractivity contribution < 1.29 is 12.8 Å². The predicted molar refractivity (Wildman–Crippen MR) is 122 cm³/mol. The number of piperidine rings is 1. The minimum Gasteiger partial charge on any atom is -0.382 e. The lowest BCUT2D eigenvalue weighted by molar-refractivity contribution is 0.329. The molecule has 5 rings (SSSR count). The molecule has 2 aliphatic rings. The number of nitrogens with one attached hydrogen (secondary N) is 1. The fourth-order valence-electron chi connectivity index (χ4n) is 4.32. The Morgan fingerprint density at radius 2 is 1.84 bits per heavy atom. The topological polar surface area (TPSA) is 86.1 Å². The molecule has 0 atom stereocenters. The highest BCUT2D eigenvalue weighted by Crippen LogP contribution is 2.35. The van der Waals surface area contributed by atoms with Crippen molar-refractivity contribution in [2.45, 2.75) is 37.0 Å². The molecule has 2 fully saturated rings. The van der Waals surface area contributed by atoms with E-state index in [1.165, 1.54) is 12.1 Å². The third kappa shape index (κ3) is 3.94. The summed E-state index contributed by atoms with van der Waals surface area (Å²) in [6.45, 7) is 1.04. The van der Waals surface area contributed by atoms with E-state index < -0.39 is 15.8 Å². The van der Waals surface area contributed by atoms with Gasteiger partial charge in [-0.05, 0) is 72.5 Å². The van der Waals surface area contributed by atoms with Crippen LogP contribution in [0.25, 0.3) is 21.9 Å². The second-order valence-corrected chi connectivity index (χ2v) is 10.7. The number of nitrogens with zero attached hydrogens (tertiary/aromatic N) is 3. The molecule has 32 heavy (non-hydrogen) atoms. The molecule has 0 radical (unpaired) electrons. The average Bonchev–Trinajstić information content (AvgIpc) is 3.65. The molecule has 1 aliphatic heterocycles. The smallest absolute Gasteiger partial charge is 0.216 e. The van der Waals surface area contributed by atoms with Crippen LogP contribution < -0.4 is 5.32 Å². The van der Waals surface area contributed by atoms with Gasteiger partial charge in [0.2, 0.25) is 10.0 Å². The van der Waals surface area contributed by atoms with Crippen LogP contribution in [0, 0.1) is 17.1 Å². The highest BCUT2D eigenvalue weighted by atomic mass is 32.2. The van der Waals surface area contributed by atoms with E-state index in [2.05, 4.69) is 10.3 Å². The first kappa shape index (κ1) is 20.9. The van der Waals surface area contributed by atoms with Gasteiger partial charge in [-0.1, -0.05) is 6.07 Å². The van der Waals surface area contributed by atoms with Crippen LogP contribution in [0.1, 0.15) is 31.2 Å². The third-order valence-electron chi connectivity index (χ3n) is 6.30. The SMILES string of the molecule is N#Cc1ccc(-c2cc(NC3CCN(S(=O)(=O)C4CC4)CC3)c3cnccc3c2)cc1F. The molecule has 1 aromatic heterocycles. The van der Waals surface area contributed by atoms with Crippen LogP contribution in [0.15, 0.2) is 48.8 Å². The highest BCUT2D eigenvalue weighted by Gasteiger charge is 2.41. The van der Waals surface area contributed by atoms with Crippen LogP contribution >= 0.6 is 0 Å². The Morgan fingerprint density at radius 3 is 2.53 bits per heavy atom. The van der Waals surface area contributed by atoms with Gasteiger partial charge in [-0.3, -0.25) is 4.98 Å². The number of anilines is 1. The van der Waals surface area contributed by atoms with Gasteiger partial charge in [0.15, 0.2) is 0 Å². The molecule has 2 aromatic carbocycles. The van der Waals surface area contributed by atoms with E-state index in [4.69, 9.17) is 5.26 Å². The van der Waals surface area contributed by atoms with E-state index in [-0.39, 0.29) is 16.9 Å². The first-order chi connectivity index (χ1) is 15.5. The zero-order valence-corrected chi connectivity index (χ0v) is 18.3. The number of aromatic nitrogens is 1. The van der Waals surface area contributed by atoms with Crippen molar-refractivity contribution >= 4 is 26.5 Å². The molecule has 2 heterocycles. The van der Waals surface area contributed by atoms with E-state index in [1.54, 1.807) is 22.8 Å². The van der Waals surface area contributed by atoms with Gasteiger partial charge in [0.25, 0.3) is 0 Å². The van der Waals surface area contributed by atoms with Crippen LogP contribution in [0.3, 0.4) is 0 Å². The summed E-state index contributed by atoms with van der Waals surface area (Å²) >= 11 is 0. The summed E-state index contributed by atoms with van der Waals surface area (Å²) in [7, 11) is -3.14. The minimum absolute atomic E-state index is 0.0185. The molecule has 0 bridgehead atoms. The number of rotatable bonds is 5. The standard InChI is InChI=1S/C24H23FN4O2S/c25-23-12-16(1-2-18(23)14-26)19-11-17-5-8-27-15-22(17)24(13-19)28-20-6-9-29(10-7-20)32(30,31)21-3-4-21/h1-2,5,8,11-13,15,20-21,28H,3-4,6-7,9-10H2. The van der Waals surface area contributed by atoms with Gasteiger partial charge in [-0.25, -0.2) is 17.1 Å². The molecule has 164 valence electrons. The third-order valence-corrected chi connectivity index (χ3v) is 8.70. The maximum absolute atomic E-state index is 14.2. The lowest BCUT2D eigenvalue weighted by Gasteiger charge is -2.32. The average molecular weight is 451 g/mol. The molecule has 1 saturated heterocycles. The zero-order valence-electron chi connectivity index (χ0n) is 17.5. The van der Waals surface area contributed by atoms with Crippen molar-refractivity contribution in [3.63, 3.8) is 0 Å². The molecule has 0 amide bonds. The number of hydrogen-bond donors (Lipinski definition) is 1. The molecule has 3 aromatic rings. The van der Waals surface area contributed by atoms with Gasteiger partial charge < -0.3 is 5.32 Å². The van der Waals surface area contributed by atoms with Gasteiger partial charge in [0.1, 0.15) is 11.9 Å². The summed E-state index contributed by atoms with van der Waals surface area (Å²) in [6, 6.07) is 12.5. The Labute approximate surface area is 186 Å². The lowest BCUT2D eigenvalue weighted by Crippen LogP contribution is -2.43. The fraction of sp³-hybridized carbons (Fsp3) is 0.333. The first-order valence-electron chi connectivity index (χ1n) is 10.8. The molecule has 8 heteroatoms. The summed E-state index contributed by atoms with van der Waals surface area (Å²) < 4.78 is 40.9. The molecule has 0 spiro atoms. The Morgan fingerprint density at radius 1 is 1.06 bits per heavy atom. The number of sulfonamides is 1. The van der Waals surface area contributed by atoms with Crippen molar-refractivity contribution in [1.82, 2.24) is 9.29 Å². The van der Waals surface area contributed by atoms with Crippen molar-refractivity contribution in [3.05, 3.63) is 60.2 Å². The van der Waals surface area contributed by atoms with Crippen LogP contribution in [-0.4, -0.2) is 42.1 Å². The van der Waals surface area contributed by atoms with Gasteiger partial charge in [0, 0.05) is 42.6 Å². The van der Waals surface area contributed by atoms with Crippen LogP contribution in [0.4, 0.5) is 10.1 Å². The first-order valence-corrected chi connectivity index (χ1v) is 12.3. The number of pyridine rings is 1. The van der Waals surface area contributed by atoms with Crippen molar-refractivity contribution in [1.29, 1.82) is 5.26 Å². The number of hydrogen-bond acceptors (Lipinski definition) is 5. The Hall–Kier alpha value is -3.02. The van der Waals surface area contributed by atoms with E-state index in [9.17, 15) is 12.8 Å². The number of nitriles is 1. The predicted octanol–water partition coefficient (Wildman–Crippen LogP) is 4.28. The fourth-order valence-corrected chi connectivity index (χ4v) is 6.19. The lowest BCUT2D eigenvalue weighted by atomic mass is 9.98. The maximum atomic E-state index is 14.2. The summed E-state index contributed by atoms with van der Waals surface area (Å²) in [5.41, 5.74) is 2.43. The number of halogens is 1. The van der Waals surface area contributed by atoms with E-state index in [1.807, 2.05) is 24.3 Å². The molecule has 6 nitrogen and oxygen atoms in total. The summed E-state index contributed by atoms with van der Waals surface area (Å²) in [5, 5.41) is 14.3. The van der Waals surface area contributed by atoms with E-state index >= 15 is 0 Å². The summed E-state index contributed by atoms with van der Waals surface area (Å²) in [6.07, 6.45) is 6.53. The van der Waals surface area contributed by atoms with Gasteiger partial charge >= 0.3 is 0 Å². The quantitative estimate of drug-likeness (QED) is 0.627. The second-order valence-electron chi connectivity index (χ2n) is 8.49. The molecule has 0 unspecified atom stereocenters. The minimum atomic E-state index is -3.14. The van der Waals surface area contributed by atoms with E-state index in [0.29, 0.717) is 18.7 Å². The molecule has 1 N–H and O–H groups in total. The Balaban J connectivity index is 1.41. The van der Waals surface area contributed by atoms with Crippen molar-refractivity contribution in [2.75, 3.05) is 18.4 Å². The van der Waals surface area contributed by atoms with Crippen molar-refractivity contribution in [3.8, 4) is 17.2 Å². The van der Waals surface area contributed by atoms with Crippen molar-refractivity contribution in [2.24, 2.45) is 0 Å². The monoisotopic (exact) mass is 450 g/mol. The van der Waals surface area contributed by atoms with Crippen LogP contribution in [0.2, 0.25) is 0 Å². The summed E-state index contributed by atoms with van der Waals surface area (Å²) in [4.78, 5) is 4.25. The Kier molecular flexibility index (Phi) is 5.31. The van der Waals surface area contributed by atoms with Gasteiger partial charge in [0.05, 0.1) is 10.8 Å². The Bertz CT molecular complexity index is 1320. The molecule has 1 saturated carbocycles. The second kappa shape index (κ2) is 8.15. The molecular weight excluding hydrogens is 427 g/mol. The van der Waals surface area contributed by atoms with E-state index in [0.717, 1.165) is 47.7 Å². The zero-order chi connectivity index (χ0) is 22.3. The maximum Gasteiger partial charge on any atom is 0.216 e. The normalized spacial score (nSPS) is 17.9.